The molecule has 0 N–H and O–H groups in total. The van der Waals surface area contributed by atoms with Crippen LogP contribution in [0.25, 0.3) is 0 Å². The lowest BCUT2D eigenvalue weighted by molar-refractivity contribution is -0.149. The summed E-state index contributed by atoms with van der Waals surface area (Å²) in [5.74, 6) is 1.08. The van der Waals surface area contributed by atoms with Crippen LogP contribution in [0, 0.1) is 5.92 Å². The van der Waals surface area contributed by atoms with Crippen molar-refractivity contribution in [1.82, 2.24) is 9.91 Å². The van der Waals surface area contributed by atoms with E-state index in [0.717, 1.165) is 16.8 Å². The topological polar surface area (TPSA) is 80.7 Å². The Balaban J connectivity index is 1.52. The monoisotopic (exact) mass is 479 g/mol. The van der Waals surface area contributed by atoms with Gasteiger partial charge in [-0.05, 0) is 50.6 Å². The zero-order valence-electron chi connectivity index (χ0n) is 20.6. The fourth-order valence-electron chi connectivity index (χ4n) is 4.73. The van der Waals surface area contributed by atoms with E-state index in [2.05, 4.69) is 4.90 Å². The minimum Gasteiger partial charge on any atom is -0.497 e. The Morgan fingerprint density at radius 3 is 2.43 bits per heavy atom. The van der Waals surface area contributed by atoms with E-state index in [9.17, 15) is 9.59 Å². The molecule has 1 saturated heterocycles. The Morgan fingerprint density at radius 1 is 1.03 bits per heavy atom. The number of carbonyl (C=O) groups is 2. The van der Waals surface area contributed by atoms with Crippen LogP contribution >= 0.6 is 0 Å². The molecule has 1 fully saturated rings. The van der Waals surface area contributed by atoms with Crippen molar-refractivity contribution in [3.05, 3.63) is 59.7 Å². The predicted molar refractivity (Wildman–Crippen MR) is 133 cm³/mol. The number of rotatable bonds is 8. The molecular formula is C27H33N3O5. The number of hydrogen-bond acceptors (Lipinski definition) is 7. The Labute approximate surface area is 206 Å². The summed E-state index contributed by atoms with van der Waals surface area (Å²) in [5.41, 5.74) is 2.68. The summed E-state index contributed by atoms with van der Waals surface area (Å²) >= 11 is 0. The predicted octanol–water partition coefficient (Wildman–Crippen LogP) is 3.66. The summed E-state index contributed by atoms with van der Waals surface area (Å²) in [6, 6.07) is 15.4. The van der Waals surface area contributed by atoms with Crippen LogP contribution in [0.1, 0.15) is 43.4 Å². The quantitative estimate of drug-likeness (QED) is 0.538. The minimum atomic E-state index is -0.192. The van der Waals surface area contributed by atoms with Gasteiger partial charge in [0.2, 0.25) is 0 Å². The maximum Gasteiger partial charge on any atom is 0.309 e. The molecule has 8 nitrogen and oxygen atoms in total. The van der Waals surface area contributed by atoms with Crippen LogP contribution in [0.2, 0.25) is 0 Å². The largest absolute Gasteiger partial charge is 0.497 e. The van der Waals surface area contributed by atoms with Gasteiger partial charge >= 0.3 is 5.97 Å². The number of hydrazone groups is 1. The van der Waals surface area contributed by atoms with E-state index in [4.69, 9.17) is 19.3 Å². The Morgan fingerprint density at radius 2 is 1.77 bits per heavy atom. The molecule has 35 heavy (non-hydrogen) atoms. The highest BCUT2D eigenvalue weighted by atomic mass is 16.5. The SMILES string of the molecule is CCOC(=O)C1CCN(CC(=O)N2N=C(c3ccc(OC)cc3OC)CC2c2ccccc2)CC1. The van der Waals surface area contributed by atoms with Crippen LogP contribution in [-0.4, -0.2) is 68.0 Å². The van der Waals surface area contributed by atoms with Crippen LogP contribution in [0.5, 0.6) is 11.5 Å². The number of piperidine rings is 1. The van der Waals surface area contributed by atoms with E-state index in [1.165, 1.54) is 0 Å². The normalized spacial score (nSPS) is 18.8. The lowest BCUT2D eigenvalue weighted by Crippen LogP contribution is -2.43. The van der Waals surface area contributed by atoms with Crippen molar-refractivity contribution in [1.29, 1.82) is 0 Å². The van der Waals surface area contributed by atoms with Crippen molar-refractivity contribution in [2.45, 2.75) is 32.2 Å². The maximum absolute atomic E-state index is 13.5. The highest BCUT2D eigenvalue weighted by molar-refractivity contribution is 6.05. The molecule has 0 radical (unpaired) electrons. The third-order valence-electron chi connectivity index (χ3n) is 6.64. The molecular weight excluding hydrogens is 446 g/mol. The average molecular weight is 480 g/mol. The van der Waals surface area contributed by atoms with E-state index >= 15 is 0 Å². The van der Waals surface area contributed by atoms with Gasteiger partial charge in [0.05, 0.1) is 45.0 Å². The van der Waals surface area contributed by atoms with Crippen molar-refractivity contribution >= 4 is 17.6 Å². The van der Waals surface area contributed by atoms with Gasteiger partial charge < -0.3 is 14.2 Å². The first-order valence-corrected chi connectivity index (χ1v) is 12.1. The molecule has 2 aliphatic heterocycles. The van der Waals surface area contributed by atoms with Gasteiger partial charge in [-0.2, -0.15) is 5.10 Å². The van der Waals surface area contributed by atoms with Crippen LogP contribution in [-0.2, 0) is 14.3 Å². The first-order chi connectivity index (χ1) is 17.0. The number of nitrogens with zero attached hydrogens (tertiary/aromatic N) is 3. The molecule has 186 valence electrons. The van der Waals surface area contributed by atoms with Crippen molar-refractivity contribution in [3.63, 3.8) is 0 Å². The Hall–Kier alpha value is -3.39. The highest BCUT2D eigenvalue weighted by Gasteiger charge is 2.35. The van der Waals surface area contributed by atoms with E-state index in [1.54, 1.807) is 19.2 Å². The number of benzene rings is 2. The second-order valence-corrected chi connectivity index (χ2v) is 8.78. The van der Waals surface area contributed by atoms with Gasteiger partial charge in [-0.25, -0.2) is 5.01 Å². The number of ether oxygens (including phenoxy) is 3. The van der Waals surface area contributed by atoms with E-state index in [-0.39, 0.29) is 30.4 Å². The van der Waals surface area contributed by atoms with Gasteiger partial charge in [0, 0.05) is 18.1 Å². The molecule has 8 heteroatoms. The van der Waals surface area contributed by atoms with Gasteiger partial charge in [0.15, 0.2) is 0 Å². The molecule has 2 aromatic rings. The summed E-state index contributed by atoms with van der Waals surface area (Å²) in [6.45, 7) is 3.84. The molecule has 1 unspecified atom stereocenters. The third-order valence-corrected chi connectivity index (χ3v) is 6.64. The maximum atomic E-state index is 13.5. The summed E-state index contributed by atoms with van der Waals surface area (Å²) < 4.78 is 16.1. The number of likely N-dealkylation sites (tertiary alicyclic amines) is 1. The number of hydrogen-bond donors (Lipinski definition) is 0. The van der Waals surface area contributed by atoms with Gasteiger partial charge in [0.1, 0.15) is 11.5 Å². The first-order valence-electron chi connectivity index (χ1n) is 12.1. The number of carbonyl (C=O) groups excluding carboxylic acids is 2. The zero-order chi connectivity index (χ0) is 24.8. The van der Waals surface area contributed by atoms with Crippen LogP contribution < -0.4 is 9.47 Å². The van der Waals surface area contributed by atoms with E-state index in [1.807, 2.05) is 55.5 Å². The van der Waals surface area contributed by atoms with Gasteiger partial charge in [-0.15, -0.1) is 0 Å². The molecule has 0 aromatic heterocycles. The van der Waals surface area contributed by atoms with E-state index < -0.39 is 0 Å². The van der Waals surface area contributed by atoms with Crippen molar-refractivity contribution in [2.75, 3.05) is 40.5 Å². The summed E-state index contributed by atoms with van der Waals surface area (Å²) in [7, 11) is 3.23. The summed E-state index contributed by atoms with van der Waals surface area (Å²) in [6.07, 6.45) is 1.99. The third kappa shape index (κ3) is 5.65. The molecule has 1 amide bonds. The first kappa shape index (κ1) is 24.7. The lowest BCUT2D eigenvalue weighted by Gasteiger charge is -2.31. The summed E-state index contributed by atoms with van der Waals surface area (Å²) in [4.78, 5) is 27.6. The van der Waals surface area contributed by atoms with Crippen molar-refractivity contribution in [2.24, 2.45) is 11.0 Å². The number of esters is 1. The lowest BCUT2D eigenvalue weighted by atomic mass is 9.96. The molecule has 0 saturated carbocycles. The molecule has 1 atom stereocenters. The van der Waals surface area contributed by atoms with Gasteiger partial charge in [-0.1, -0.05) is 30.3 Å². The Kier molecular flexibility index (Phi) is 8.02. The Bertz CT molecular complexity index is 1060. The second kappa shape index (κ2) is 11.4. The molecule has 0 spiro atoms. The van der Waals surface area contributed by atoms with Crippen LogP contribution in [0.15, 0.2) is 53.6 Å². The zero-order valence-corrected chi connectivity index (χ0v) is 20.6. The number of amides is 1. The molecule has 4 rings (SSSR count). The smallest absolute Gasteiger partial charge is 0.309 e. The highest BCUT2D eigenvalue weighted by Crippen LogP contribution is 2.36. The fraction of sp³-hybridized carbons (Fsp3) is 0.444. The average Bonchev–Trinajstić information content (AvgIpc) is 3.35. The van der Waals surface area contributed by atoms with Crippen molar-refractivity contribution in [3.8, 4) is 11.5 Å². The molecule has 2 aromatic carbocycles. The van der Waals surface area contributed by atoms with Gasteiger partial charge in [-0.3, -0.25) is 14.5 Å². The number of methoxy groups -OCH3 is 2. The van der Waals surface area contributed by atoms with E-state index in [0.29, 0.717) is 50.5 Å². The molecule has 0 bridgehead atoms. The fourth-order valence-corrected chi connectivity index (χ4v) is 4.73. The van der Waals surface area contributed by atoms with Crippen LogP contribution in [0.3, 0.4) is 0 Å². The molecule has 2 aliphatic rings. The van der Waals surface area contributed by atoms with Crippen LogP contribution in [0.4, 0.5) is 0 Å². The molecule has 0 aliphatic carbocycles. The van der Waals surface area contributed by atoms with Gasteiger partial charge in [0.25, 0.3) is 5.91 Å². The van der Waals surface area contributed by atoms with Crippen molar-refractivity contribution < 1.29 is 23.8 Å². The molecule has 2 heterocycles. The minimum absolute atomic E-state index is 0.0593. The second-order valence-electron chi connectivity index (χ2n) is 8.78. The summed E-state index contributed by atoms with van der Waals surface area (Å²) in [5, 5.41) is 6.41. The standard InChI is InChI=1S/C27H33N3O5/c1-4-35-27(32)20-12-14-29(15-13-20)18-26(31)30-24(19-8-6-5-7-9-19)17-23(28-30)22-11-10-21(33-2)16-25(22)34-3/h5-11,16,20,24H,4,12-15,17-18H2,1-3H3.